The van der Waals surface area contributed by atoms with Crippen LogP contribution in [0.5, 0.6) is 0 Å². The molecule has 0 aromatic heterocycles. The molecule has 102 valence electrons. The van der Waals surface area contributed by atoms with Gasteiger partial charge in [0, 0.05) is 5.02 Å². The molecule has 1 N–H and O–H groups in total. The summed E-state index contributed by atoms with van der Waals surface area (Å²) in [6.45, 7) is 4.27. The van der Waals surface area contributed by atoms with Crippen LogP contribution >= 0.6 is 11.6 Å². The lowest BCUT2D eigenvalue weighted by Crippen LogP contribution is -2.50. The molecule has 1 rings (SSSR count). The molecule has 4 heteroatoms. The summed E-state index contributed by atoms with van der Waals surface area (Å²) in [6.07, 6.45) is 5.80. The standard InChI is InChI=1S/C15H18ClNO2/c1-4-10-17-15(5-2,14(18)19-6-3)12-8-7-9-13(16)11-12/h1,7-9,11,17H,5-6,10H2,2-3H3. The number of esters is 1. The molecular weight excluding hydrogens is 262 g/mol. The third-order valence-corrected chi connectivity index (χ3v) is 3.20. The predicted molar refractivity (Wildman–Crippen MR) is 76.9 cm³/mol. The maximum atomic E-state index is 12.3. The van der Waals surface area contributed by atoms with Crippen LogP contribution in [0, 0.1) is 12.3 Å². The van der Waals surface area contributed by atoms with Crippen molar-refractivity contribution in [2.75, 3.05) is 13.2 Å². The van der Waals surface area contributed by atoms with E-state index in [0.717, 1.165) is 5.56 Å². The molecule has 0 radical (unpaired) electrons. The van der Waals surface area contributed by atoms with Gasteiger partial charge in [-0.15, -0.1) is 6.42 Å². The number of terminal acetylenes is 1. The van der Waals surface area contributed by atoms with E-state index in [2.05, 4.69) is 11.2 Å². The van der Waals surface area contributed by atoms with E-state index < -0.39 is 5.54 Å². The third kappa shape index (κ3) is 3.50. The smallest absolute Gasteiger partial charge is 0.331 e. The maximum absolute atomic E-state index is 12.3. The summed E-state index contributed by atoms with van der Waals surface area (Å²) in [6, 6.07) is 7.16. The fraction of sp³-hybridized carbons (Fsp3) is 0.400. The van der Waals surface area contributed by atoms with Crippen molar-refractivity contribution in [3.05, 3.63) is 34.9 Å². The normalized spacial score (nSPS) is 13.4. The average molecular weight is 280 g/mol. The van der Waals surface area contributed by atoms with E-state index in [9.17, 15) is 4.79 Å². The number of hydrogen-bond donors (Lipinski definition) is 1. The lowest BCUT2D eigenvalue weighted by Gasteiger charge is -2.31. The van der Waals surface area contributed by atoms with Crippen LogP contribution in [0.15, 0.2) is 24.3 Å². The quantitative estimate of drug-likeness (QED) is 0.643. The van der Waals surface area contributed by atoms with E-state index in [4.69, 9.17) is 22.8 Å². The zero-order valence-electron chi connectivity index (χ0n) is 11.2. The fourth-order valence-electron chi connectivity index (χ4n) is 1.98. The number of rotatable bonds is 6. The number of ether oxygens (including phenoxy) is 1. The highest BCUT2D eigenvalue weighted by Gasteiger charge is 2.39. The zero-order valence-corrected chi connectivity index (χ0v) is 12.0. The van der Waals surface area contributed by atoms with Crippen molar-refractivity contribution in [2.45, 2.75) is 25.8 Å². The van der Waals surface area contributed by atoms with Crippen LogP contribution in [0.3, 0.4) is 0 Å². The van der Waals surface area contributed by atoms with Crippen molar-refractivity contribution < 1.29 is 9.53 Å². The van der Waals surface area contributed by atoms with E-state index in [1.54, 1.807) is 25.1 Å². The van der Waals surface area contributed by atoms with Crippen molar-refractivity contribution in [1.29, 1.82) is 0 Å². The lowest BCUT2D eigenvalue weighted by molar-refractivity contribution is -0.151. The van der Waals surface area contributed by atoms with Crippen molar-refractivity contribution in [3.63, 3.8) is 0 Å². The van der Waals surface area contributed by atoms with Gasteiger partial charge < -0.3 is 4.74 Å². The Kier molecular flexibility index (Phi) is 5.88. The fourth-order valence-corrected chi connectivity index (χ4v) is 2.17. The number of hydrogen-bond acceptors (Lipinski definition) is 3. The van der Waals surface area contributed by atoms with Gasteiger partial charge in [-0.25, -0.2) is 4.79 Å². The molecule has 1 unspecified atom stereocenters. The predicted octanol–water partition coefficient (Wildman–Crippen LogP) is 2.73. The summed E-state index contributed by atoms with van der Waals surface area (Å²) < 4.78 is 5.18. The Morgan fingerprint density at radius 3 is 2.79 bits per heavy atom. The minimum Gasteiger partial charge on any atom is -0.464 e. The van der Waals surface area contributed by atoms with Gasteiger partial charge in [-0.2, -0.15) is 0 Å². The summed E-state index contributed by atoms with van der Waals surface area (Å²) in [4.78, 5) is 12.3. The number of carbonyl (C=O) groups is 1. The van der Waals surface area contributed by atoms with Crippen LogP contribution < -0.4 is 5.32 Å². The van der Waals surface area contributed by atoms with Crippen molar-refractivity contribution in [3.8, 4) is 12.3 Å². The van der Waals surface area contributed by atoms with Crippen molar-refractivity contribution >= 4 is 17.6 Å². The number of benzene rings is 1. The van der Waals surface area contributed by atoms with Crippen LogP contribution in [0.2, 0.25) is 5.02 Å². The maximum Gasteiger partial charge on any atom is 0.331 e. The van der Waals surface area contributed by atoms with E-state index in [-0.39, 0.29) is 12.5 Å². The van der Waals surface area contributed by atoms with Gasteiger partial charge in [0.2, 0.25) is 0 Å². The zero-order chi connectivity index (χ0) is 14.3. The molecule has 0 fully saturated rings. The Balaban J connectivity index is 3.23. The summed E-state index contributed by atoms with van der Waals surface area (Å²) in [5.41, 5.74) is -0.191. The Labute approximate surface area is 119 Å². The molecule has 1 atom stereocenters. The highest BCUT2D eigenvalue weighted by molar-refractivity contribution is 6.30. The van der Waals surface area contributed by atoms with Gasteiger partial charge in [-0.1, -0.05) is 36.6 Å². The summed E-state index contributed by atoms with van der Waals surface area (Å²) in [5.74, 6) is 2.15. The largest absolute Gasteiger partial charge is 0.464 e. The van der Waals surface area contributed by atoms with Gasteiger partial charge >= 0.3 is 5.97 Å². The number of carbonyl (C=O) groups excluding carboxylic acids is 1. The Hall–Kier alpha value is -1.50. The van der Waals surface area contributed by atoms with Crippen molar-refractivity contribution in [2.24, 2.45) is 0 Å². The minimum absolute atomic E-state index is 0.277. The molecule has 0 aliphatic heterocycles. The second-order valence-corrected chi connectivity index (χ2v) is 4.48. The van der Waals surface area contributed by atoms with Gasteiger partial charge in [0.1, 0.15) is 5.54 Å². The molecule has 0 saturated heterocycles. The summed E-state index contributed by atoms with van der Waals surface area (Å²) in [7, 11) is 0. The number of halogens is 1. The summed E-state index contributed by atoms with van der Waals surface area (Å²) in [5, 5.41) is 3.66. The number of nitrogens with one attached hydrogen (secondary N) is 1. The van der Waals surface area contributed by atoms with Crippen LogP contribution in [0.1, 0.15) is 25.8 Å². The molecule has 0 spiro atoms. The second kappa shape index (κ2) is 7.18. The summed E-state index contributed by atoms with van der Waals surface area (Å²) >= 11 is 6.00. The highest BCUT2D eigenvalue weighted by atomic mass is 35.5. The molecule has 1 aromatic carbocycles. The molecule has 1 aromatic rings. The molecule has 0 saturated carbocycles. The SMILES string of the molecule is C#CCNC(CC)(C(=O)OCC)c1cccc(Cl)c1. The first-order valence-electron chi connectivity index (χ1n) is 6.22. The van der Waals surface area contributed by atoms with Gasteiger partial charge in [0.15, 0.2) is 0 Å². The highest BCUT2D eigenvalue weighted by Crippen LogP contribution is 2.28. The van der Waals surface area contributed by atoms with Gasteiger partial charge in [0.05, 0.1) is 13.2 Å². The second-order valence-electron chi connectivity index (χ2n) is 4.05. The molecule has 0 amide bonds. The Morgan fingerprint density at radius 2 is 2.26 bits per heavy atom. The van der Waals surface area contributed by atoms with Crippen LogP contribution in [-0.2, 0) is 15.1 Å². The van der Waals surface area contributed by atoms with E-state index in [1.807, 2.05) is 13.0 Å². The Morgan fingerprint density at radius 1 is 1.53 bits per heavy atom. The molecular formula is C15H18ClNO2. The average Bonchev–Trinajstić information content (AvgIpc) is 2.40. The molecule has 0 aliphatic rings. The Bertz CT molecular complexity index is 481. The molecule has 19 heavy (non-hydrogen) atoms. The third-order valence-electron chi connectivity index (χ3n) is 2.96. The molecule has 3 nitrogen and oxygen atoms in total. The molecule has 0 heterocycles. The topological polar surface area (TPSA) is 38.3 Å². The first kappa shape index (κ1) is 15.6. The van der Waals surface area contributed by atoms with Gasteiger partial charge in [-0.3, -0.25) is 5.32 Å². The van der Waals surface area contributed by atoms with Crippen LogP contribution in [0.4, 0.5) is 0 Å². The van der Waals surface area contributed by atoms with Crippen LogP contribution in [0.25, 0.3) is 0 Å². The first-order chi connectivity index (χ1) is 9.10. The van der Waals surface area contributed by atoms with Gasteiger partial charge in [-0.05, 0) is 31.0 Å². The van der Waals surface area contributed by atoms with E-state index in [1.165, 1.54) is 0 Å². The lowest BCUT2D eigenvalue weighted by atomic mass is 9.87. The first-order valence-corrected chi connectivity index (χ1v) is 6.60. The van der Waals surface area contributed by atoms with Crippen LogP contribution in [-0.4, -0.2) is 19.1 Å². The molecule has 0 aliphatic carbocycles. The van der Waals surface area contributed by atoms with E-state index >= 15 is 0 Å². The monoisotopic (exact) mass is 279 g/mol. The van der Waals surface area contributed by atoms with E-state index in [0.29, 0.717) is 18.1 Å². The van der Waals surface area contributed by atoms with Crippen molar-refractivity contribution in [1.82, 2.24) is 5.32 Å². The van der Waals surface area contributed by atoms with Gasteiger partial charge in [0.25, 0.3) is 0 Å². The molecule has 0 bridgehead atoms. The minimum atomic E-state index is -0.951.